The van der Waals surface area contributed by atoms with Gasteiger partial charge in [-0.2, -0.15) is 13.2 Å². The summed E-state index contributed by atoms with van der Waals surface area (Å²) in [4.78, 5) is 18.6. The zero-order chi connectivity index (χ0) is 21.0. The molecule has 1 aliphatic carbocycles. The maximum atomic E-state index is 12.9. The first-order chi connectivity index (χ1) is 13.8. The van der Waals surface area contributed by atoms with Crippen molar-refractivity contribution in [1.29, 1.82) is 0 Å². The van der Waals surface area contributed by atoms with Crippen LogP contribution in [-0.2, 0) is 17.5 Å². The first-order valence-electron chi connectivity index (χ1n) is 9.36. The predicted molar refractivity (Wildman–Crippen MR) is 106 cm³/mol. The van der Waals surface area contributed by atoms with Gasteiger partial charge in [0.2, 0.25) is 5.91 Å². The third kappa shape index (κ3) is 5.88. The average molecular weight is 424 g/mol. The Morgan fingerprint density at radius 1 is 1.24 bits per heavy atom. The van der Waals surface area contributed by atoms with Gasteiger partial charge in [0, 0.05) is 18.8 Å². The number of halogens is 3. The van der Waals surface area contributed by atoms with E-state index in [4.69, 9.17) is 4.74 Å². The summed E-state index contributed by atoms with van der Waals surface area (Å²) in [5.41, 5.74) is 0.209. The van der Waals surface area contributed by atoms with E-state index in [1.54, 1.807) is 7.11 Å². The van der Waals surface area contributed by atoms with Gasteiger partial charge in [-0.25, -0.2) is 4.98 Å². The number of methoxy groups -OCH3 is 1. The van der Waals surface area contributed by atoms with Crippen LogP contribution in [0.25, 0.3) is 0 Å². The van der Waals surface area contributed by atoms with E-state index < -0.39 is 11.7 Å². The zero-order valence-electron chi connectivity index (χ0n) is 16.3. The van der Waals surface area contributed by atoms with Crippen molar-refractivity contribution in [3.8, 4) is 5.75 Å². The third-order valence-corrected chi connectivity index (χ3v) is 5.96. The molecule has 1 heterocycles. The number of thioether (sulfide) groups is 1. The molecule has 1 aromatic heterocycles. The molecule has 0 spiro atoms. The maximum Gasteiger partial charge on any atom is 0.417 e. The van der Waals surface area contributed by atoms with Crippen LogP contribution in [-0.4, -0.2) is 34.7 Å². The van der Waals surface area contributed by atoms with Crippen molar-refractivity contribution in [1.82, 2.24) is 9.88 Å². The van der Waals surface area contributed by atoms with Gasteiger partial charge in [0.15, 0.2) is 0 Å². The molecular weight excluding hydrogens is 401 g/mol. The van der Waals surface area contributed by atoms with Gasteiger partial charge >= 0.3 is 6.18 Å². The van der Waals surface area contributed by atoms with E-state index in [1.165, 1.54) is 6.07 Å². The van der Waals surface area contributed by atoms with Crippen molar-refractivity contribution in [2.75, 3.05) is 12.9 Å². The normalized spacial score (nSPS) is 15.1. The molecule has 3 rings (SSSR count). The second kappa shape index (κ2) is 9.07. The van der Waals surface area contributed by atoms with Crippen molar-refractivity contribution in [3.63, 3.8) is 0 Å². The molecule has 1 amide bonds. The molecule has 1 unspecified atom stereocenters. The van der Waals surface area contributed by atoms with Gasteiger partial charge in [-0.15, -0.1) is 0 Å². The Bertz CT molecular complexity index is 821. The SMILES string of the molecule is COc1ccc(CN(C(=O)CSc2ccc(C(F)(F)F)cn2)C(C)C2CC2)cc1. The minimum Gasteiger partial charge on any atom is -0.497 e. The Balaban J connectivity index is 1.64. The monoisotopic (exact) mass is 424 g/mol. The van der Waals surface area contributed by atoms with E-state index in [0.29, 0.717) is 17.5 Å². The zero-order valence-corrected chi connectivity index (χ0v) is 17.1. The molecule has 1 aromatic carbocycles. The van der Waals surface area contributed by atoms with Gasteiger partial charge in [0.1, 0.15) is 5.75 Å². The quantitative estimate of drug-likeness (QED) is 0.558. The second-order valence-electron chi connectivity index (χ2n) is 7.12. The van der Waals surface area contributed by atoms with Crippen molar-refractivity contribution in [2.45, 2.75) is 43.6 Å². The summed E-state index contributed by atoms with van der Waals surface area (Å²) in [6, 6.07) is 10.00. The minimum atomic E-state index is -4.42. The highest BCUT2D eigenvalue weighted by Gasteiger charge is 2.34. The van der Waals surface area contributed by atoms with E-state index in [2.05, 4.69) is 11.9 Å². The largest absolute Gasteiger partial charge is 0.497 e. The number of pyridine rings is 1. The molecule has 1 atom stereocenters. The van der Waals surface area contributed by atoms with Gasteiger partial charge in [-0.1, -0.05) is 23.9 Å². The number of carbonyl (C=O) groups excluding carboxylic acids is 1. The van der Waals surface area contributed by atoms with Crippen molar-refractivity contribution >= 4 is 17.7 Å². The first kappa shape index (κ1) is 21.5. The fourth-order valence-electron chi connectivity index (χ4n) is 3.07. The number of ether oxygens (including phenoxy) is 1. The lowest BCUT2D eigenvalue weighted by molar-refractivity contribution is -0.138. The van der Waals surface area contributed by atoms with Crippen LogP contribution in [0.2, 0.25) is 0 Å². The average Bonchev–Trinajstić information content (AvgIpc) is 3.55. The van der Waals surface area contributed by atoms with Gasteiger partial charge < -0.3 is 9.64 Å². The van der Waals surface area contributed by atoms with Crippen LogP contribution in [0, 0.1) is 5.92 Å². The maximum absolute atomic E-state index is 12.9. The number of carbonyl (C=O) groups is 1. The summed E-state index contributed by atoms with van der Waals surface area (Å²) in [6.45, 7) is 2.54. The van der Waals surface area contributed by atoms with Crippen LogP contribution in [0.1, 0.15) is 30.9 Å². The fourth-order valence-corrected chi connectivity index (χ4v) is 3.80. The summed E-state index contributed by atoms with van der Waals surface area (Å²) in [5, 5.41) is 0.398. The summed E-state index contributed by atoms with van der Waals surface area (Å²) in [5.74, 6) is 1.34. The van der Waals surface area contributed by atoms with Gasteiger partial charge in [-0.05, 0) is 55.5 Å². The lowest BCUT2D eigenvalue weighted by Crippen LogP contribution is -2.40. The highest BCUT2D eigenvalue weighted by molar-refractivity contribution is 7.99. The standard InChI is InChI=1S/C21H23F3N2O2S/c1-14(16-5-6-16)26(12-15-3-8-18(28-2)9-4-15)20(27)13-29-19-10-7-17(11-25-19)21(22,23)24/h3-4,7-11,14,16H,5-6,12-13H2,1-2H3. The van der Waals surface area contributed by atoms with E-state index >= 15 is 0 Å². The van der Waals surface area contributed by atoms with Crippen molar-refractivity contribution < 1.29 is 22.7 Å². The van der Waals surface area contributed by atoms with E-state index in [-0.39, 0.29) is 17.7 Å². The molecule has 1 saturated carbocycles. The molecule has 2 aromatic rings. The summed E-state index contributed by atoms with van der Waals surface area (Å²) >= 11 is 1.15. The highest BCUT2D eigenvalue weighted by atomic mass is 32.2. The van der Waals surface area contributed by atoms with Crippen LogP contribution in [0.4, 0.5) is 13.2 Å². The van der Waals surface area contributed by atoms with E-state index in [0.717, 1.165) is 48.2 Å². The first-order valence-corrected chi connectivity index (χ1v) is 10.3. The minimum absolute atomic E-state index is 0.0492. The number of amides is 1. The number of aromatic nitrogens is 1. The number of hydrogen-bond acceptors (Lipinski definition) is 4. The Kier molecular flexibility index (Phi) is 6.72. The molecule has 29 heavy (non-hydrogen) atoms. The number of benzene rings is 1. The smallest absolute Gasteiger partial charge is 0.417 e. The number of alkyl halides is 3. The molecule has 8 heteroatoms. The molecule has 0 aliphatic heterocycles. The second-order valence-corrected chi connectivity index (χ2v) is 8.11. The molecule has 156 valence electrons. The lowest BCUT2D eigenvalue weighted by atomic mass is 10.1. The number of hydrogen-bond donors (Lipinski definition) is 0. The Hall–Kier alpha value is -2.22. The Morgan fingerprint density at radius 2 is 1.93 bits per heavy atom. The third-order valence-electron chi connectivity index (χ3n) is 5.04. The lowest BCUT2D eigenvalue weighted by Gasteiger charge is -2.29. The highest BCUT2D eigenvalue weighted by Crippen LogP contribution is 2.36. The van der Waals surface area contributed by atoms with Crippen LogP contribution in [0.3, 0.4) is 0 Å². The molecule has 0 bridgehead atoms. The molecule has 0 N–H and O–H groups in total. The molecule has 1 fully saturated rings. The number of rotatable bonds is 8. The Morgan fingerprint density at radius 3 is 2.45 bits per heavy atom. The van der Waals surface area contributed by atoms with E-state index in [1.807, 2.05) is 29.2 Å². The van der Waals surface area contributed by atoms with Crippen LogP contribution < -0.4 is 4.74 Å². The Labute approximate surface area is 172 Å². The summed E-state index contributed by atoms with van der Waals surface area (Å²) < 4.78 is 43.1. The van der Waals surface area contributed by atoms with E-state index in [9.17, 15) is 18.0 Å². The van der Waals surface area contributed by atoms with Gasteiger partial charge in [-0.3, -0.25) is 4.79 Å². The molecule has 4 nitrogen and oxygen atoms in total. The summed E-state index contributed by atoms with van der Waals surface area (Å²) in [6.07, 6.45) is -1.39. The molecule has 0 saturated heterocycles. The van der Waals surface area contributed by atoms with Crippen molar-refractivity contribution in [3.05, 3.63) is 53.7 Å². The van der Waals surface area contributed by atoms with Gasteiger partial charge in [0.25, 0.3) is 0 Å². The topological polar surface area (TPSA) is 42.4 Å². The van der Waals surface area contributed by atoms with Crippen LogP contribution >= 0.6 is 11.8 Å². The fraction of sp³-hybridized carbons (Fsp3) is 0.429. The molecule has 0 radical (unpaired) electrons. The predicted octanol–water partition coefficient (Wildman–Crippen LogP) is 5.03. The van der Waals surface area contributed by atoms with Crippen molar-refractivity contribution in [2.24, 2.45) is 5.92 Å². The van der Waals surface area contributed by atoms with Crippen LogP contribution in [0.15, 0.2) is 47.6 Å². The summed E-state index contributed by atoms with van der Waals surface area (Å²) in [7, 11) is 1.60. The van der Waals surface area contributed by atoms with Gasteiger partial charge in [0.05, 0.1) is 23.5 Å². The molecule has 1 aliphatic rings. The van der Waals surface area contributed by atoms with Crippen LogP contribution in [0.5, 0.6) is 5.75 Å². The number of nitrogens with zero attached hydrogens (tertiary/aromatic N) is 2. The molecular formula is C21H23F3N2O2S.